The summed E-state index contributed by atoms with van der Waals surface area (Å²) in [5, 5.41) is 0.706. The van der Waals surface area contributed by atoms with Gasteiger partial charge in [0, 0.05) is 11.4 Å². The quantitative estimate of drug-likeness (QED) is 0.767. The number of aldehydes is 1. The smallest absolute Gasteiger partial charge is 0.124 e. The van der Waals surface area contributed by atoms with Crippen molar-refractivity contribution in [1.82, 2.24) is 0 Å². The molecular weight excluding hydrogens is 248 g/mol. The first kappa shape index (κ1) is 12.7. The largest absolute Gasteiger partial charge is 0.489 e. The van der Waals surface area contributed by atoms with Crippen molar-refractivity contribution in [3.8, 4) is 5.75 Å². The van der Waals surface area contributed by atoms with Crippen LogP contribution in [0, 0.1) is 0 Å². The molecule has 0 saturated carbocycles. The SMILES string of the molecule is O=CCc1ccc(OCc2cccc(Cl)c2)cc1. The van der Waals surface area contributed by atoms with E-state index >= 15 is 0 Å². The van der Waals surface area contributed by atoms with E-state index in [2.05, 4.69) is 0 Å². The number of carbonyl (C=O) groups excluding carboxylic acids is 1. The van der Waals surface area contributed by atoms with Gasteiger partial charge >= 0.3 is 0 Å². The Morgan fingerprint density at radius 3 is 2.50 bits per heavy atom. The summed E-state index contributed by atoms with van der Waals surface area (Å²) in [6.45, 7) is 0.480. The van der Waals surface area contributed by atoms with Crippen LogP contribution in [-0.4, -0.2) is 6.29 Å². The molecule has 3 heteroatoms. The number of benzene rings is 2. The van der Waals surface area contributed by atoms with Gasteiger partial charge in [0.1, 0.15) is 18.6 Å². The van der Waals surface area contributed by atoms with Gasteiger partial charge in [0.25, 0.3) is 0 Å². The standard InChI is InChI=1S/C15H13ClO2/c16-14-3-1-2-13(10-14)11-18-15-6-4-12(5-7-15)8-9-17/h1-7,9-10H,8,11H2. The molecule has 0 unspecified atom stereocenters. The first-order chi connectivity index (χ1) is 8.78. The predicted molar refractivity (Wildman–Crippen MR) is 72.0 cm³/mol. The van der Waals surface area contributed by atoms with Crippen molar-refractivity contribution in [2.45, 2.75) is 13.0 Å². The van der Waals surface area contributed by atoms with Crippen LogP contribution < -0.4 is 4.74 Å². The minimum absolute atomic E-state index is 0.439. The van der Waals surface area contributed by atoms with Crippen LogP contribution in [0.2, 0.25) is 5.02 Å². The van der Waals surface area contributed by atoms with Gasteiger partial charge in [-0.15, -0.1) is 0 Å². The van der Waals surface area contributed by atoms with Crippen molar-refractivity contribution in [2.24, 2.45) is 0 Å². The van der Waals surface area contributed by atoms with E-state index < -0.39 is 0 Å². The van der Waals surface area contributed by atoms with Crippen LogP contribution in [0.5, 0.6) is 5.75 Å². The lowest BCUT2D eigenvalue weighted by Crippen LogP contribution is -1.95. The fraction of sp³-hybridized carbons (Fsp3) is 0.133. The molecule has 0 N–H and O–H groups in total. The fourth-order valence-electron chi connectivity index (χ4n) is 1.61. The molecule has 18 heavy (non-hydrogen) atoms. The Morgan fingerprint density at radius 1 is 1.06 bits per heavy atom. The number of ether oxygens (including phenoxy) is 1. The van der Waals surface area contributed by atoms with Gasteiger partial charge in [0.05, 0.1) is 0 Å². The van der Waals surface area contributed by atoms with E-state index in [0.29, 0.717) is 18.1 Å². The summed E-state index contributed by atoms with van der Waals surface area (Å²) in [6, 6.07) is 15.1. The van der Waals surface area contributed by atoms with Crippen LogP contribution in [0.1, 0.15) is 11.1 Å². The Morgan fingerprint density at radius 2 is 1.83 bits per heavy atom. The van der Waals surface area contributed by atoms with Gasteiger partial charge in [-0.1, -0.05) is 35.9 Å². The Labute approximate surface area is 111 Å². The molecular formula is C15H13ClO2. The van der Waals surface area contributed by atoms with Crippen molar-refractivity contribution in [2.75, 3.05) is 0 Å². The molecule has 0 heterocycles. The van der Waals surface area contributed by atoms with E-state index in [1.165, 1.54) is 0 Å². The predicted octanol–water partition coefficient (Wildman–Crippen LogP) is 3.66. The van der Waals surface area contributed by atoms with Crippen molar-refractivity contribution < 1.29 is 9.53 Å². The third-order valence-electron chi connectivity index (χ3n) is 2.54. The summed E-state index contributed by atoms with van der Waals surface area (Å²) in [5.74, 6) is 0.782. The van der Waals surface area contributed by atoms with E-state index in [0.717, 1.165) is 23.2 Å². The third kappa shape index (κ3) is 3.60. The second-order valence-corrected chi connectivity index (χ2v) is 4.37. The Bertz CT molecular complexity index is 520. The zero-order valence-corrected chi connectivity index (χ0v) is 10.6. The Kier molecular flexibility index (Phi) is 4.37. The highest BCUT2D eigenvalue weighted by Crippen LogP contribution is 2.16. The normalized spacial score (nSPS) is 10.1. The maximum absolute atomic E-state index is 10.4. The van der Waals surface area contributed by atoms with Crippen molar-refractivity contribution in [1.29, 1.82) is 0 Å². The van der Waals surface area contributed by atoms with Gasteiger partial charge in [-0.3, -0.25) is 0 Å². The maximum atomic E-state index is 10.4. The lowest BCUT2D eigenvalue weighted by molar-refractivity contribution is -0.107. The molecule has 0 atom stereocenters. The van der Waals surface area contributed by atoms with E-state index in [-0.39, 0.29) is 0 Å². The van der Waals surface area contributed by atoms with E-state index in [9.17, 15) is 4.79 Å². The first-order valence-electron chi connectivity index (χ1n) is 5.68. The van der Waals surface area contributed by atoms with Gasteiger partial charge in [-0.05, 0) is 35.4 Å². The van der Waals surface area contributed by atoms with Crippen LogP contribution >= 0.6 is 11.6 Å². The summed E-state index contributed by atoms with van der Waals surface area (Å²) in [4.78, 5) is 10.4. The summed E-state index contributed by atoms with van der Waals surface area (Å²) < 4.78 is 5.63. The number of carbonyl (C=O) groups is 1. The highest BCUT2D eigenvalue weighted by Gasteiger charge is 1.98. The molecule has 0 fully saturated rings. The number of rotatable bonds is 5. The number of hydrogen-bond acceptors (Lipinski definition) is 2. The average Bonchev–Trinajstić information content (AvgIpc) is 2.38. The molecule has 0 aromatic heterocycles. The highest BCUT2D eigenvalue weighted by atomic mass is 35.5. The third-order valence-corrected chi connectivity index (χ3v) is 2.77. The molecule has 2 aromatic rings. The minimum Gasteiger partial charge on any atom is -0.489 e. The van der Waals surface area contributed by atoms with Gasteiger partial charge < -0.3 is 9.53 Å². The topological polar surface area (TPSA) is 26.3 Å². The lowest BCUT2D eigenvalue weighted by Gasteiger charge is -2.07. The van der Waals surface area contributed by atoms with Gasteiger partial charge in [-0.25, -0.2) is 0 Å². The van der Waals surface area contributed by atoms with Crippen LogP contribution in [0.4, 0.5) is 0 Å². The second kappa shape index (κ2) is 6.22. The van der Waals surface area contributed by atoms with E-state index in [1.54, 1.807) is 0 Å². The highest BCUT2D eigenvalue weighted by molar-refractivity contribution is 6.30. The molecule has 2 aromatic carbocycles. The van der Waals surface area contributed by atoms with Gasteiger partial charge in [0.2, 0.25) is 0 Å². The minimum atomic E-state index is 0.439. The molecule has 0 aliphatic carbocycles. The zero-order chi connectivity index (χ0) is 12.8. The summed E-state index contributed by atoms with van der Waals surface area (Å²) >= 11 is 5.89. The molecule has 92 valence electrons. The second-order valence-electron chi connectivity index (χ2n) is 3.93. The summed E-state index contributed by atoms with van der Waals surface area (Å²) in [7, 11) is 0. The molecule has 0 aliphatic heterocycles. The van der Waals surface area contributed by atoms with Crippen LogP contribution in [-0.2, 0) is 17.8 Å². The summed E-state index contributed by atoms with van der Waals surface area (Å²) in [6.07, 6.45) is 1.33. The van der Waals surface area contributed by atoms with Crippen LogP contribution in [0.25, 0.3) is 0 Å². The Hall–Kier alpha value is -1.80. The fourth-order valence-corrected chi connectivity index (χ4v) is 1.82. The monoisotopic (exact) mass is 260 g/mol. The lowest BCUT2D eigenvalue weighted by atomic mass is 10.2. The molecule has 0 bridgehead atoms. The zero-order valence-electron chi connectivity index (χ0n) is 9.80. The van der Waals surface area contributed by atoms with Crippen LogP contribution in [0.15, 0.2) is 48.5 Å². The number of halogens is 1. The molecule has 0 saturated heterocycles. The molecule has 0 amide bonds. The van der Waals surface area contributed by atoms with Crippen LogP contribution in [0.3, 0.4) is 0 Å². The molecule has 0 radical (unpaired) electrons. The molecule has 0 aliphatic rings. The van der Waals surface area contributed by atoms with Gasteiger partial charge in [-0.2, -0.15) is 0 Å². The maximum Gasteiger partial charge on any atom is 0.124 e. The first-order valence-corrected chi connectivity index (χ1v) is 6.05. The van der Waals surface area contributed by atoms with Gasteiger partial charge in [0.15, 0.2) is 0 Å². The Balaban J connectivity index is 1.95. The van der Waals surface area contributed by atoms with Crippen molar-refractivity contribution >= 4 is 17.9 Å². The van der Waals surface area contributed by atoms with E-state index in [1.807, 2.05) is 48.5 Å². The number of hydrogen-bond donors (Lipinski definition) is 0. The molecule has 0 spiro atoms. The molecule has 2 rings (SSSR count). The van der Waals surface area contributed by atoms with Crippen molar-refractivity contribution in [3.63, 3.8) is 0 Å². The summed E-state index contributed by atoms with van der Waals surface area (Å²) in [5.41, 5.74) is 2.01. The average molecular weight is 261 g/mol. The van der Waals surface area contributed by atoms with Crippen molar-refractivity contribution in [3.05, 3.63) is 64.7 Å². The van der Waals surface area contributed by atoms with E-state index in [4.69, 9.17) is 16.3 Å². The molecule has 2 nitrogen and oxygen atoms in total.